The van der Waals surface area contributed by atoms with E-state index >= 15 is 0 Å². The first-order chi connectivity index (χ1) is 21.5. The topological polar surface area (TPSA) is 136 Å². The number of nitrogens with one attached hydrogen (secondary N) is 1. The van der Waals surface area contributed by atoms with Crippen LogP contribution in [0.25, 0.3) is 16.9 Å². The molecule has 0 radical (unpaired) electrons. The number of fused-ring (bicyclic) bond motifs is 1. The monoisotopic (exact) mass is 600 g/mol. The van der Waals surface area contributed by atoms with Gasteiger partial charge in [-0.2, -0.15) is 10.1 Å². The van der Waals surface area contributed by atoms with Crippen LogP contribution in [0.4, 0.5) is 0 Å². The maximum atomic E-state index is 14.3. The van der Waals surface area contributed by atoms with Crippen LogP contribution in [0.3, 0.4) is 0 Å². The third-order valence-electron chi connectivity index (χ3n) is 8.65. The maximum Gasteiger partial charge on any atom is 0.304 e. The Labute approximate surface area is 256 Å². The fraction of sp³-hybridized carbons (Fsp3) is 0.455. The Balaban J connectivity index is 1.28. The first-order valence-corrected chi connectivity index (χ1v) is 15.6. The van der Waals surface area contributed by atoms with Gasteiger partial charge < -0.3 is 25.1 Å². The molecule has 0 amide bonds. The molecule has 3 N–H and O–H groups in total. The summed E-state index contributed by atoms with van der Waals surface area (Å²) >= 11 is 0. The van der Waals surface area contributed by atoms with Crippen LogP contribution in [-0.2, 0) is 22.4 Å². The zero-order chi connectivity index (χ0) is 30.6. The summed E-state index contributed by atoms with van der Waals surface area (Å²) in [4.78, 5) is 23.7. The standard InChI is InChI=1S/C33H40N6O5/c1-3-7-29-28(18-21-10-12-22(13-11-21)26-8-5-6-9-27(26)30-36-33(42)44-37-30)31(41)38(32-34-20-35-39(29)32)23-14-16-25(17-15-23)43-19-24(40)4-2/h5-6,8-13,20,23-25,33,40,42H,3-4,7,14-19H2,1-2H3,(H,36,37)/t23-,24?,25-,33?. The van der Waals surface area contributed by atoms with Crippen molar-refractivity contribution in [3.05, 3.63) is 87.6 Å². The number of hydrogen-bond donors (Lipinski definition) is 3. The number of nitrogens with zero attached hydrogens (tertiary/aromatic N) is 5. The summed E-state index contributed by atoms with van der Waals surface area (Å²) in [5, 5.41) is 30.9. The maximum absolute atomic E-state index is 14.3. The van der Waals surface area contributed by atoms with Crippen LogP contribution < -0.4 is 10.9 Å². The highest BCUT2D eigenvalue weighted by Crippen LogP contribution is 2.31. The third kappa shape index (κ3) is 6.12. The molecular formula is C33H40N6O5. The van der Waals surface area contributed by atoms with Crippen molar-refractivity contribution in [1.29, 1.82) is 0 Å². The summed E-state index contributed by atoms with van der Waals surface area (Å²) in [6, 6.07) is 16.0. The molecule has 2 aliphatic rings. The van der Waals surface area contributed by atoms with Crippen molar-refractivity contribution in [1.82, 2.24) is 24.5 Å². The number of rotatable bonds is 11. The van der Waals surface area contributed by atoms with E-state index in [-0.39, 0.29) is 17.7 Å². The normalized spacial score (nSPS) is 20.7. The molecule has 232 valence electrons. The quantitative estimate of drug-likeness (QED) is 0.236. The average molecular weight is 601 g/mol. The van der Waals surface area contributed by atoms with E-state index in [2.05, 4.69) is 39.6 Å². The van der Waals surface area contributed by atoms with Gasteiger partial charge in [-0.15, -0.1) is 0 Å². The molecular weight excluding hydrogens is 560 g/mol. The van der Waals surface area contributed by atoms with Crippen LogP contribution in [0.15, 0.2) is 64.8 Å². The molecule has 44 heavy (non-hydrogen) atoms. The van der Waals surface area contributed by atoms with E-state index in [1.807, 2.05) is 52.4 Å². The Bertz CT molecular complexity index is 1670. The average Bonchev–Trinajstić information content (AvgIpc) is 3.72. The molecule has 1 aliphatic carbocycles. The second-order valence-corrected chi connectivity index (χ2v) is 11.6. The molecule has 3 heterocycles. The van der Waals surface area contributed by atoms with Gasteiger partial charge in [0.1, 0.15) is 6.33 Å². The van der Waals surface area contributed by atoms with E-state index in [4.69, 9.17) is 9.57 Å². The molecule has 0 bridgehead atoms. The minimum Gasteiger partial charge on any atom is -0.391 e. The van der Waals surface area contributed by atoms with Crippen LogP contribution in [0.2, 0.25) is 0 Å². The van der Waals surface area contributed by atoms with Crippen molar-refractivity contribution in [2.75, 3.05) is 6.61 Å². The summed E-state index contributed by atoms with van der Waals surface area (Å²) in [6.07, 6.45) is 6.05. The Morgan fingerprint density at radius 1 is 1.07 bits per heavy atom. The highest BCUT2D eigenvalue weighted by Gasteiger charge is 2.28. The van der Waals surface area contributed by atoms with Gasteiger partial charge in [-0.25, -0.2) is 4.52 Å². The molecule has 2 aromatic carbocycles. The second kappa shape index (κ2) is 13.3. The molecule has 1 fully saturated rings. The second-order valence-electron chi connectivity index (χ2n) is 11.6. The van der Waals surface area contributed by atoms with Gasteiger partial charge >= 0.3 is 6.41 Å². The van der Waals surface area contributed by atoms with E-state index in [1.54, 1.807) is 0 Å². The molecule has 0 spiro atoms. The predicted octanol–water partition coefficient (Wildman–Crippen LogP) is 3.93. The fourth-order valence-electron chi connectivity index (χ4n) is 6.26. The fourth-order valence-corrected chi connectivity index (χ4v) is 6.26. The number of aliphatic hydroxyl groups excluding tert-OH is 2. The van der Waals surface area contributed by atoms with Crippen LogP contribution in [0.5, 0.6) is 0 Å². The van der Waals surface area contributed by atoms with Crippen molar-refractivity contribution in [3.63, 3.8) is 0 Å². The highest BCUT2D eigenvalue weighted by molar-refractivity contribution is 6.04. The Morgan fingerprint density at radius 2 is 1.82 bits per heavy atom. The summed E-state index contributed by atoms with van der Waals surface area (Å²) in [5.74, 6) is 1.07. The van der Waals surface area contributed by atoms with E-state index < -0.39 is 12.5 Å². The van der Waals surface area contributed by atoms with Gasteiger partial charge in [-0.3, -0.25) is 9.36 Å². The molecule has 4 aromatic rings. The van der Waals surface area contributed by atoms with Crippen molar-refractivity contribution < 1.29 is 19.8 Å². The molecule has 2 unspecified atom stereocenters. The van der Waals surface area contributed by atoms with E-state index in [0.29, 0.717) is 31.1 Å². The minimum atomic E-state index is -1.16. The van der Waals surface area contributed by atoms with Crippen LogP contribution >= 0.6 is 0 Å². The molecule has 11 nitrogen and oxygen atoms in total. The first kappa shape index (κ1) is 30.0. The summed E-state index contributed by atoms with van der Waals surface area (Å²) in [6.45, 7) is 4.40. The number of ether oxygens (including phenoxy) is 1. The van der Waals surface area contributed by atoms with Gasteiger partial charge in [0.05, 0.1) is 24.5 Å². The summed E-state index contributed by atoms with van der Waals surface area (Å²) in [5.41, 5.74) is 5.43. The number of hydrogen-bond acceptors (Lipinski definition) is 9. The molecule has 2 atom stereocenters. The van der Waals surface area contributed by atoms with Crippen molar-refractivity contribution >= 4 is 11.6 Å². The molecule has 2 aromatic heterocycles. The lowest BCUT2D eigenvalue weighted by molar-refractivity contribution is -0.0896. The molecule has 11 heteroatoms. The summed E-state index contributed by atoms with van der Waals surface area (Å²) in [7, 11) is 0. The van der Waals surface area contributed by atoms with Gasteiger partial charge in [0.25, 0.3) is 5.56 Å². The molecule has 1 aliphatic heterocycles. The Hall–Kier alpha value is -4.06. The summed E-state index contributed by atoms with van der Waals surface area (Å²) < 4.78 is 9.68. The lowest BCUT2D eigenvalue weighted by atomic mass is 9.92. The lowest BCUT2D eigenvalue weighted by Crippen LogP contribution is -2.35. The van der Waals surface area contributed by atoms with Crippen LogP contribution in [0.1, 0.15) is 80.8 Å². The van der Waals surface area contributed by atoms with Gasteiger partial charge in [0, 0.05) is 23.6 Å². The zero-order valence-corrected chi connectivity index (χ0v) is 25.2. The van der Waals surface area contributed by atoms with Gasteiger partial charge in [0.2, 0.25) is 5.78 Å². The number of aliphatic hydroxyl groups is 2. The largest absolute Gasteiger partial charge is 0.391 e. The highest BCUT2D eigenvalue weighted by atomic mass is 16.7. The molecule has 1 saturated carbocycles. The molecule has 6 rings (SSSR count). The minimum absolute atomic E-state index is 0.00183. The molecule has 0 saturated heterocycles. The van der Waals surface area contributed by atoms with Crippen molar-refractivity contribution in [3.8, 4) is 11.1 Å². The van der Waals surface area contributed by atoms with Gasteiger partial charge in [0.15, 0.2) is 5.84 Å². The first-order valence-electron chi connectivity index (χ1n) is 15.6. The van der Waals surface area contributed by atoms with E-state index in [0.717, 1.165) is 72.0 Å². The van der Waals surface area contributed by atoms with E-state index in [9.17, 15) is 15.0 Å². The SMILES string of the molecule is CCCc1c(Cc2ccc(-c3ccccc3C3=NOC(O)N3)cc2)c(=O)n([C@H]2CC[C@H](OCC(O)CC)CC2)c2ncnn12. The Morgan fingerprint density at radius 3 is 2.50 bits per heavy atom. The third-order valence-corrected chi connectivity index (χ3v) is 8.65. The number of aryl methyl sites for hydroxylation is 1. The Kier molecular flexibility index (Phi) is 9.06. The lowest BCUT2D eigenvalue weighted by Gasteiger charge is -2.31. The van der Waals surface area contributed by atoms with Gasteiger partial charge in [-0.05, 0) is 55.2 Å². The van der Waals surface area contributed by atoms with Crippen LogP contribution in [-0.4, -0.2) is 60.4 Å². The number of benzene rings is 2. The predicted molar refractivity (Wildman–Crippen MR) is 166 cm³/mol. The van der Waals surface area contributed by atoms with Crippen LogP contribution in [0, 0.1) is 0 Å². The number of aromatic nitrogens is 4. The van der Waals surface area contributed by atoms with Gasteiger partial charge in [-0.1, -0.05) is 74.0 Å². The smallest absolute Gasteiger partial charge is 0.304 e. The number of oxime groups is 1. The number of amidine groups is 1. The van der Waals surface area contributed by atoms with Crippen molar-refractivity contribution in [2.24, 2.45) is 5.16 Å². The zero-order valence-electron chi connectivity index (χ0n) is 25.2. The van der Waals surface area contributed by atoms with E-state index in [1.165, 1.54) is 6.33 Å². The van der Waals surface area contributed by atoms with Crippen molar-refractivity contribution in [2.45, 2.75) is 89.9 Å².